The molecule has 0 unspecified atom stereocenters. The van der Waals surface area contributed by atoms with Gasteiger partial charge in [0, 0.05) is 30.3 Å². The summed E-state index contributed by atoms with van der Waals surface area (Å²) in [4.78, 5) is 38.9. The Hall–Kier alpha value is -6.06. The summed E-state index contributed by atoms with van der Waals surface area (Å²) >= 11 is 0. The molecule has 382 valence electrons. The van der Waals surface area contributed by atoms with Gasteiger partial charge in [0.15, 0.2) is 0 Å². The van der Waals surface area contributed by atoms with E-state index >= 15 is 0 Å². The van der Waals surface area contributed by atoms with Crippen molar-refractivity contribution in [2.45, 2.75) is 0 Å². The van der Waals surface area contributed by atoms with Gasteiger partial charge in [-0.3, -0.25) is 25.5 Å². The molecule has 2 radical (unpaired) electrons. The summed E-state index contributed by atoms with van der Waals surface area (Å²) in [7, 11) is -14.8. The van der Waals surface area contributed by atoms with Crippen LogP contribution in [0.2, 0.25) is 0 Å². The second-order valence-corrected chi connectivity index (χ2v) is 11.5. The second kappa shape index (κ2) is 37.0. The molecule has 43 heteroatoms. The first kappa shape index (κ1) is 73.5. The van der Waals surface area contributed by atoms with Crippen LogP contribution in [0.4, 0.5) is 0 Å². The third-order valence-electron chi connectivity index (χ3n) is 5.29. The van der Waals surface area contributed by atoms with Crippen LogP contribution < -0.4 is 104 Å². The van der Waals surface area contributed by atoms with Crippen molar-refractivity contribution in [2.75, 3.05) is 0 Å². The Morgan fingerprint density at radius 1 is 0.294 bits per heavy atom. The summed E-state index contributed by atoms with van der Waals surface area (Å²) in [6, 6.07) is 9.04. The van der Waals surface area contributed by atoms with Crippen LogP contribution in [0.1, 0.15) is 0 Å². The average molecular weight is 1130 g/mol. The van der Waals surface area contributed by atoms with Gasteiger partial charge in [-0.05, 0) is 0 Å². The standard InChI is InChI=1S/5C5H4N4.3ClHO4.2Cu.6H2O/c5*1-2-6-5-7-4-8-9(5)3-1;3*2-1(3,4)5;;;;;;;;/h5*1-4H;3*(H,2,3,4,5);;;6*1H2/q;;;;;;;;2*+2;;;;;;/p-4. The maximum Gasteiger partial charge on any atom is 2.00 e. The predicted molar refractivity (Wildman–Crippen MR) is 163 cm³/mol. The van der Waals surface area contributed by atoms with Crippen LogP contribution in [0, 0.1) is 30.7 Å². The molecule has 0 aromatic carbocycles. The molecule has 0 aliphatic heterocycles. The SMILES string of the molecule is O.O.O.O.O.[Cu+2].[Cu+2].[O-][Cl+3]([O-])([O-])[O-].[O-][Cl+3]([O-])([O-])[O-].[O-][Cl+3]([O-])([O-])[O-].[OH-].c1cnc2nc[n-][n+]2c1.c1cnc2nc[n-][n+]2c1.c1cnc2nc[n-][n+]2c1.c1cnc2nc[n-][n+]2c1.c1cnc2nc[n-][n+]2c1. The number of aromatic nitrogens is 20. The topological polar surface area (TPSA) is 684 Å². The van der Waals surface area contributed by atoms with Crippen LogP contribution in [0.5, 0.6) is 0 Å². The average Bonchev–Trinajstić information content (AvgIpc) is 4.03. The van der Waals surface area contributed by atoms with Gasteiger partial charge in [0.05, 0.1) is 31.0 Å². The molecule has 0 spiro atoms. The van der Waals surface area contributed by atoms with E-state index in [1.807, 2.05) is 30.3 Å². The van der Waals surface area contributed by atoms with Gasteiger partial charge >= 0.3 is 63.0 Å². The third-order valence-corrected chi connectivity index (χ3v) is 5.29. The Kier molecular flexibility index (Phi) is 40.0. The Balaban J connectivity index is -0.000000161. The molecule has 0 aliphatic carbocycles. The van der Waals surface area contributed by atoms with Crippen molar-refractivity contribution in [3.8, 4) is 0 Å². The van der Waals surface area contributed by atoms with Gasteiger partial charge < -0.3 is 32.9 Å². The van der Waals surface area contributed by atoms with Crippen molar-refractivity contribution in [1.29, 1.82) is 0 Å². The molecule has 0 amide bonds. The minimum Gasteiger partial charge on any atom is -0.870 e. The maximum absolute atomic E-state index is 8.49. The Labute approximate surface area is 402 Å². The van der Waals surface area contributed by atoms with Crippen LogP contribution in [0.25, 0.3) is 28.9 Å². The summed E-state index contributed by atoms with van der Waals surface area (Å²) in [6.07, 6.45) is 24.8. The summed E-state index contributed by atoms with van der Waals surface area (Å²) in [5.41, 5.74) is 0. The van der Waals surface area contributed by atoms with Crippen molar-refractivity contribution >= 4 is 28.9 Å². The van der Waals surface area contributed by atoms with Gasteiger partial charge in [-0.1, -0.05) is 49.8 Å². The minimum atomic E-state index is -4.94. The molecule has 10 heterocycles. The summed E-state index contributed by atoms with van der Waals surface area (Å²) in [5, 5.41) is 19.3. The van der Waals surface area contributed by atoms with Crippen molar-refractivity contribution in [2.24, 2.45) is 0 Å². The molecule has 0 saturated carbocycles. The Morgan fingerprint density at radius 3 is 0.544 bits per heavy atom. The minimum absolute atomic E-state index is 0. The maximum atomic E-state index is 8.49. The van der Waals surface area contributed by atoms with Crippen LogP contribution in [-0.2, 0) is 34.1 Å². The monoisotopic (exact) mass is 1130 g/mol. The number of hydrogen-bond donors (Lipinski definition) is 0. The summed E-state index contributed by atoms with van der Waals surface area (Å²) < 4.78 is 110. The van der Waals surface area contributed by atoms with Gasteiger partial charge in [-0.25, -0.2) is 55.9 Å². The smallest absolute Gasteiger partial charge is 0.870 e. The zero-order valence-electron chi connectivity index (χ0n) is 32.6. The fourth-order valence-electron chi connectivity index (χ4n) is 3.36. The normalized spacial score (nSPS) is 9.41. The first-order valence-electron chi connectivity index (χ1n) is 14.7. The molecular weight excluding hydrogens is 1100 g/mol. The number of hydrogen-bond acceptors (Lipinski definition) is 23. The van der Waals surface area contributed by atoms with Crippen LogP contribution in [0.15, 0.2) is 124 Å². The van der Waals surface area contributed by atoms with Gasteiger partial charge in [0.1, 0.15) is 62.6 Å². The number of nitrogens with zero attached hydrogens (tertiary/aromatic N) is 20. The molecule has 10 aromatic heterocycles. The van der Waals surface area contributed by atoms with E-state index in [0.29, 0.717) is 28.9 Å². The van der Waals surface area contributed by atoms with Crippen LogP contribution >= 0.6 is 0 Å². The molecule has 0 fully saturated rings. The van der Waals surface area contributed by atoms with E-state index in [0.717, 1.165) is 0 Å². The predicted octanol–water partition coefficient (Wildman–Crippen LogP) is -22.7. The molecule has 0 atom stereocenters. The van der Waals surface area contributed by atoms with Gasteiger partial charge in [-0.15, -0.1) is 30.7 Å². The first-order valence-corrected chi connectivity index (χ1v) is 18.4. The largest absolute Gasteiger partial charge is 2.00 e. The van der Waals surface area contributed by atoms with E-state index in [9.17, 15) is 0 Å². The zero-order chi connectivity index (χ0) is 44.0. The summed E-state index contributed by atoms with van der Waals surface area (Å²) in [5.74, 6) is 3.18. The Bertz CT molecular complexity index is 2130. The molecule has 0 bridgehead atoms. The van der Waals surface area contributed by atoms with Crippen molar-refractivity contribution in [3.05, 3.63) is 124 Å². The molecule has 10 rings (SSSR count). The van der Waals surface area contributed by atoms with E-state index in [2.05, 4.69) is 75.3 Å². The fraction of sp³-hybridized carbons (Fsp3) is 0. The molecule has 10 aromatic rings. The van der Waals surface area contributed by atoms with Gasteiger partial charge in [-0.2, -0.15) is 22.6 Å². The van der Waals surface area contributed by atoms with E-state index < -0.39 is 30.7 Å². The van der Waals surface area contributed by atoms with Crippen LogP contribution in [0.3, 0.4) is 0 Å². The van der Waals surface area contributed by atoms with Gasteiger partial charge in [0.25, 0.3) is 0 Å². The van der Waals surface area contributed by atoms with E-state index in [1.54, 1.807) is 84.5 Å². The number of fused-ring (bicyclic) bond motifs is 5. The Morgan fingerprint density at radius 2 is 0.426 bits per heavy atom. The van der Waals surface area contributed by atoms with Crippen molar-refractivity contribution in [3.63, 3.8) is 0 Å². The quantitative estimate of drug-likeness (QED) is 0.100. The second-order valence-electron chi connectivity index (χ2n) is 9.26. The summed E-state index contributed by atoms with van der Waals surface area (Å²) in [6.45, 7) is 0. The van der Waals surface area contributed by atoms with E-state index in [-0.39, 0.29) is 67.0 Å². The molecule has 68 heavy (non-hydrogen) atoms. The fourth-order valence-corrected chi connectivity index (χ4v) is 3.36. The van der Waals surface area contributed by atoms with E-state index in [1.165, 1.54) is 31.6 Å². The molecule has 0 aliphatic rings. The molecule has 11 N–H and O–H groups in total. The molecule has 0 saturated heterocycles. The molecular formula is C25H31Cl3Cu2N20O18. The zero-order valence-corrected chi connectivity index (χ0v) is 36.7. The first-order chi connectivity index (χ1) is 28.3. The van der Waals surface area contributed by atoms with Crippen molar-refractivity contribution in [1.82, 2.24) is 75.3 Å². The van der Waals surface area contributed by atoms with Crippen molar-refractivity contribution < 1.29 is 176 Å². The van der Waals surface area contributed by atoms with E-state index in [4.69, 9.17) is 55.9 Å². The molecule has 38 nitrogen and oxygen atoms in total. The number of halogens is 3. The van der Waals surface area contributed by atoms with Crippen LogP contribution in [-0.4, -0.2) is 82.7 Å². The van der Waals surface area contributed by atoms with Gasteiger partial charge in [0.2, 0.25) is 0 Å². The third kappa shape index (κ3) is 33.4. The number of rotatable bonds is 0.